The highest BCUT2D eigenvalue weighted by atomic mass is 16.6. The summed E-state index contributed by atoms with van der Waals surface area (Å²) in [6.45, 7) is 2.60. The van der Waals surface area contributed by atoms with Crippen molar-refractivity contribution in [3.05, 3.63) is 33.9 Å². The number of para-hydroxylation sites is 1. The Labute approximate surface area is 98.4 Å². The molecule has 0 aromatic heterocycles. The molecule has 1 aliphatic heterocycles. The Morgan fingerprint density at radius 2 is 2.29 bits per heavy atom. The molecule has 1 saturated heterocycles. The maximum Gasteiger partial charge on any atom is 0.313 e. The van der Waals surface area contributed by atoms with Gasteiger partial charge in [0, 0.05) is 18.7 Å². The van der Waals surface area contributed by atoms with Crippen molar-refractivity contribution >= 4 is 5.69 Å². The topological polar surface area (TPSA) is 84.6 Å². The highest BCUT2D eigenvalue weighted by Crippen LogP contribution is 2.31. The molecule has 6 heteroatoms. The SMILES string of the molecule is Cc1cccc(OC2CNCC2O)c1[N+](=O)[O-]. The van der Waals surface area contributed by atoms with Crippen LogP contribution < -0.4 is 10.1 Å². The fraction of sp³-hybridized carbons (Fsp3) is 0.455. The number of benzene rings is 1. The van der Waals surface area contributed by atoms with E-state index in [1.807, 2.05) is 0 Å². The Bertz CT molecular complexity index is 435. The van der Waals surface area contributed by atoms with Crippen LogP contribution in [0.3, 0.4) is 0 Å². The average Bonchev–Trinajstić information content (AvgIpc) is 2.64. The first-order valence-electron chi connectivity index (χ1n) is 5.39. The van der Waals surface area contributed by atoms with Crippen LogP contribution in [-0.4, -0.2) is 35.3 Å². The Kier molecular flexibility index (Phi) is 3.26. The van der Waals surface area contributed by atoms with Gasteiger partial charge in [0.15, 0.2) is 5.75 Å². The lowest BCUT2D eigenvalue weighted by Gasteiger charge is -2.16. The second-order valence-electron chi connectivity index (χ2n) is 4.06. The van der Waals surface area contributed by atoms with Crippen LogP contribution >= 0.6 is 0 Å². The number of ether oxygens (including phenoxy) is 1. The third kappa shape index (κ3) is 2.37. The molecule has 1 fully saturated rings. The number of hydrogen-bond donors (Lipinski definition) is 2. The molecule has 1 aromatic carbocycles. The number of aryl methyl sites for hydroxylation is 1. The quantitative estimate of drug-likeness (QED) is 0.595. The van der Waals surface area contributed by atoms with Gasteiger partial charge in [-0.15, -0.1) is 0 Å². The molecule has 2 rings (SSSR count). The van der Waals surface area contributed by atoms with Crippen molar-refractivity contribution in [2.75, 3.05) is 13.1 Å². The van der Waals surface area contributed by atoms with E-state index in [-0.39, 0.29) is 11.4 Å². The zero-order valence-electron chi connectivity index (χ0n) is 9.42. The standard InChI is InChI=1S/C11H14N2O4/c1-7-3-2-4-9(11(7)13(15)16)17-10-6-12-5-8(10)14/h2-4,8,10,12,14H,5-6H2,1H3. The highest BCUT2D eigenvalue weighted by Gasteiger charge is 2.29. The number of aliphatic hydroxyl groups excluding tert-OH is 1. The maximum atomic E-state index is 10.9. The smallest absolute Gasteiger partial charge is 0.313 e. The van der Waals surface area contributed by atoms with Crippen LogP contribution in [0.4, 0.5) is 5.69 Å². The molecule has 1 heterocycles. The summed E-state index contributed by atoms with van der Waals surface area (Å²) in [6, 6.07) is 4.91. The van der Waals surface area contributed by atoms with E-state index in [0.29, 0.717) is 18.7 Å². The van der Waals surface area contributed by atoms with Gasteiger partial charge in [0.2, 0.25) is 0 Å². The van der Waals surface area contributed by atoms with E-state index in [1.165, 1.54) is 0 Å². The van der Waals surface area contributed by atoms with Gasteiger partial charge in [-0.05, 0) is 13.0 Å². The number of hydrogen-bond acceptors (Lipinski definition) is 5. The summed E-state index contributed by atoms with van der Waals surface area (Å²) >= 11 is 0. The zero-order chi connectivity index (χ0) is 12.4. The lowest BCUT2D eigenvalue weighted by molar-refractivity contribution is -0.386. The average molecular weight is 238 g/mol. The van der Waals surface area contributed by atoms with Crippen LogP contribution in [0.15, 0.2) is 18.2 Å². The fourth-order valence-corrected chi connectivity index (χ4v) is 1.89. The number of nitro benzene ring substituents is 1. The van der Waals surface area contributed by atoms with Gasteiger partial charge >= 0.3 is 5.69 Å². The molecule has 1 aromatic rings. The summed E-state index contributed by atoms with van der Waals surface area (Å²) in [7, 11) is 0. The number of β-amino-alcohol motifs (C(OH)–C–C–N with tert-alkyl or cyclic N) is 1. The van der Waals surface area contributed by atoms with Gasteiger partial charge in [0.1, 0.15) is 12.2 Å². The lowest BCUT2D eigenvalue weighted by atomic mass is 10.2. The van der Waals surface area contributed by atoms with Gasteiger partial charge in [-0.2, -0.15) is 0 Å². The second kappa shape index (κ2) is 4.68. The maximum absolute atomic E-state index is 10.9. The monoisotopic (exact) mass is 238 g/mol. The molecule has 0 aliphatic carbocycles. The summed E-state index contributed by atoms with van der Waals surface area (Å²) in [4.78, 5) is 10.5. The van der Waals surface area contributed by atoms with Crippen molar-refractivity contribution in [2.24, 2.45) is 0 Å². The predicted molar refractivity (Wildman–Crippen MR) is 61.1 cm³/mol. The Balaban J connectivity index is 2.26. The Hall–Kier alpha value is -1.66. The first-order chi connectivity index (χ1) is 8.09. The van der Waals surface area contributed by atoms with Crippen molar-refractivity contribution in [1.29, 1.82) is 0 Å². The van der Waals surface area contributed by atoms with Crippen LogP contribution in [0.25, 0.3) is 0 Å². The predicted octanol–water partition coefficient (Wildman–Crippen LogP) is 0.615. The number of nitrogens with one attached hydrogen (secondary N) is 1. The third-order valence-corrected chi connectivity index (χ3v) is 2.79. The number of aliphatic hydroxyl groups is 1. The number of rotatable bonds is 3. The molecular weight excluding hydrogens is 224 g/mol. The molecule has 6 nitrogen and oxygen atoms in total. The minimum absolute atomic E-state index is 0.0356. The van der Waals surface area contributed by atoms with Crippen molar-refractivity contribution in [3.63, 3.8) is 0 Å². The molecule has 2 unspecified atom stereocenters. The van der Waals surface area contributed by atoms with E-state index in [9.17, 15) is 15.2 Å². The summed E-state index contributed by atoms with van der Waals surface area (Å²) in [5, 5.41) is 23.5. The summed E-state index contributed by atoms with van der Waals surface area (Å²) in [5.41, 5.74) is 0.513. The third-order valence-electron chi connectivity index (χ3n) is 2.79. The van der Waals surface area contributed by atoms with Gasteiger partial charge in [0.25, 0.3) is 0 Å². The van der Waals surface area contributed by atoms with Crippen LogP contribution in [0.1, 0.15) is 5.56 Å². The minimum atomic E-state index is -0.630. The van der Waals surface area contributed by atoms with Crippen LogP contribution in [0, 0.1) is 17.0 Å². The first kappa shape index (κ1) is 11.8. The zero-order valence-corrected chi connectivity index (χ0v) is 9.42. The van der Waals surface area contributed by atoms with Gasteiger partial charge < -0.3 is 15.2 Å². The largest absolute Gasteiger partial charge is 0.479 e. The first-order valence-corrected chi connectivity index (χ1v) is 5.39. The molecular formula is C11H14N2O4. The van der Waals surface area contributed by atoms with E-state index < -0.39 is 17.1 Å². The van der Waals surface area contributed by atoms with Gasteiger partial charge in [-0.3, -0.25) is 10.1 Å². The van der Waals surface area contributed by atoms with E-state index >= 15 is 0 Å². The highest BCUT2D eigenvalue weighted by molar-refractivity contribution is 5.52. The summed E-state index contributed by atoms with van der Waals surface area (Å²) < 4.78 is 5.51. The number of nitrogens with zero attached hydrogens (tertiary/aromatic N) is 1. The van der Waals surface area contributed by atoms with Crippen LogP contribution in [-0.2, 0) is 0 Å². The van der Waals surface area contributed by atoms with Crippen LogP contribution in [0.5, 0.6) is 5.75 Å². The van der Waals surface area contributed by atoms with Crippen molar-refractivity contribution < 1.29 is 14.8 Å². The van der Waals surface area contributed by atoms with E-state index in [1.54, 1.807) is 25.1 Å². The lowest BCUT2D eigenvalue weighted by Crippen LogP contribution is -2.30. The summed E-state index contributed by atoms with van der Waals surface area (Å²) in [6.07, 6.45) is -1.06. The normalized spacial score (nSPS) is 23.6. The molecule has 0 radical (unpaired) electrons. The van der Waals surface area contributed by atoms with Gasteiger partial charge in [-0.25, -0.2) is 0 Å². The summed E-state index contributed by atoms with van der Waals surface area (Å²) in [5.74, 6) is 0.211. The molecule has 2 N–H and O–H groups in total. The molecule has 2 atom stereocenters. The molecule has 0 bridgehead atoms. The molecule has 0 spiro atoms. The molecule has 92 valence electrons. The molecule has 1 aliphatic rings. The van der Waals surface area contributed by atoms with Crippen molar-refractivity contribution in [2.45, 2.75) is 19.1 Å². The Morgan fingerprint density at radius 1 is 1.53 bits per heavy atom. The second-order valence-corrected chi connectivity index (χ2v) is 4.06. The van der Waals surface area contributed by atoms with Crippen molar-refractivity contribution in [3.8, 4) is 5.75 Å². The van der Waals surface area contributed by atoms with Crippen LogP contribution in [0.2, 0.25) is 0 Å². The molecule has 17 heavy (non-hydrogen) atoms. The van der Waals surface area contributed by atoms with E-state index in [0.717, 1.165) is 0 Å². The van der Waals surface area contributed by atoms with Crippen molar-refractivity contribution in [1.82, 2.24) is 5.32 Å². The number of nitro groups is 1. The van der Waals surface area contributed by atoms with E-state index in [4.69, 9.17) is 4.74 Å². The van der Waals surface area contributed by atoms with Gasteiger partial charge in [-0.1, -0.05) is 12.1 Å². The fourth-order valence-electron chi connectivity index (χ4n) is 1.89. The molecule has 0 saturated carbocycles. The van der Waals surface area contributed by atoms with Gasteiger partial charge in [0.05, 0.1) is 4.92 Å². The molecule has 0 amide bonds. The minimum Gasteiger partial charge on any atom is -0.479 e. The Morgan fingerprint density at radius 3 is 2.88 bits per heavy atom. The van der Waals surface area contributed by atoms with E-state index in [2.05, 4.69) is 5.32 Å².